The monoisotopic (exact) mass is 294 g/mol. The molecule has 0 saturated heterocycles. The van der Waals surface area contributed by atoms with Gasteiger partial charge in [0.15, 0.2) is 0 Å². The molecule has 0 radical (unpaired) electrons. The van der Waals surface area contributed by atoms with Crippen molar-refractivity contribution in [3.8, 4) is 0 Å². The summed E-state index contributed by atoms with van der Waals surface area (Å²) in [5.41, 5.74) is 7.31. The number of hydrogen-bond donors (Lipinski definition) is 2. The van der Waals surface area contributed by atoms with Crippen LogP contribution >= 0.6 is 0 Å². The quantitative estimate of drug-likeness (QED) is 0.542. The first kappa shape index (κ1) is 17.3. The van der Waals surface area contributed by atoms with Gasteiger partial charge < -0.3 is 20.5 Å². The van der Waals surface area contributed by atoms with E-state index in [9.17, 15) is 4.79 Å². The van der Waals surface area contributed by atoms with Gasteiger partial charge in [0.1, 0.15) is 6.10 Å². The molecule has 1 amide bonds. The lowest BCUT2D eigenvalue weighted by molar-refractivity contribution is 0.0173. The largest absolute Gasteiger partial charge is 0.444 e. The summed E-state index contributed by atoms with van der Waals surface area (Å²) >= 11 is 0. The predicted molar refractivity (Wildman–Crippen MR) is 84.0 cm³/mol. The lowest BCUT2D eigenvalue weighted by atomic mass is 10.2. The molecule has 0 heterocycles. The first-order chi connectivity index (χ1) is 10.2. The number of carbonyl (C=O) groups is 1. The van der Waals surface area contributed by atoms with Gasteiger partial charge in [-0.3, -0.25) is 0 Å². The molecule has 1 aromatic rings. The SMILES string of the molecule is CCCCOC[C@@H](CC)OC(=O)NCc1cccc(N)c1. The number of unbranched alkanes of at least 4 members (excludes halogenated alkanes) is 1. The second kappa shape index (κ2) is 10.0. The lowest BCUT2D eigenvalue weighted by Crippen LogP contribution is -2.30. The molecule has 0 unspecified atom stereocenters. The van der Waals surface area contributed by atoms with Crippen LogP contribution < -0.4 is 11.1 Å². The molecule has 118 valence electrons. The third-order valence-corrected chi connectivity index (χ3v) is 3.06. The van der Waals surface area contributed by atoms with Gasteiger partial charge in [0.25, 0.3) is 0 Å². The Morgan fingerprint density at radius 2 is 2.19 bits per heavy atom. The molecule has 1 atom stereocenters. The Kier molecular flexibility index (Phi) is 8.28. The minimum absolute atomic E-state index is 0.206. The number of ether oxygens (including phenoxy) is 2. The smallest absolute Gasteiger partial charge is 0.407 e. The Labute approximate surface area is 126 Å². The van der Waals surface area contributed by atoms with Gasteiger partial charge in [0, 0.05) is 18.8 Å². The van der Waals surface area contributed by atoms with Crippen molar-refractivity contribution < 1.29 is 14.3 Å². The number of rotatable bonds is 9. The van der Waals surface area contributed by atoms with Gasteiger partial charge in [-0.2, -0.15) is 0 Å². The van der Waals surface area contributed by atoms with Gasteiger partial charge in [-0.05, 0) is 30.5 Å². The van der Waals surface area contributed by atoms with Crippen LogP contribution in [0.25, 0.3) is 0 Å². The molecular weight excluding hydrogens is 268 g/mol. The summed E-state index contributed by atoms with van der Waals surface area (Å²) in [5.74, 6) is 0. The van der Waals surface area contributed by atoms with Crippen LogP contribution in [0.4, 0.5) is 10.5 Å². The second-order valence-corrected chi connectivity index (χ2v) is 4.96. The van der Waals surface area contributed by atoms with Gasteiger partial charge in [0.2, 0.25) is 0 Å². The summed E-state index contributed by atoms with van der Waals surface area (Å²) in [6.45, 7) is 5.64. The standard InChI is InChI=1S/C16H26N2O3/c1-3-5-9-20-12-15(4-2)21-16(19)18-11-13-7-6-8-14(17)10-13/h6-8,10,15H,3-5,9,11-12,17H2,1-2H3,(H,18,19)/t15-/m1/s1. The van der Waals surface area contributed by atoms with Crippen LogP contribution in [0, 0.1) is 0 Å². The third kappa shape index (κ3) is 7.56. The van der Waals surface area contributed by atoms with Gasteiger partial charge in [-0.15, -0.1) is 0 Å². The van der Waals surface area contributed by atoms with Crippen molar-refractivity contribution in [1.82, 2.24) is 5.32 Å². The topological polar surface area (TPSA) is 73.6 Å². The van der Waals surface area contributed by atoms with E-state index in [4.69, 9.17) is 15.2 Å². The molecular formula is C16H26N2O3. The molecule has 0 saturated carbocycles. The van der Waals surface area contributed by atoms with Gasteiger partial charge in [-0.25, -0.2) is 4.79 Å². The highest BCUT2D eigenvalue weighted by Crippen LogP contribution is 2.06. The van der Waals surface area contributed by atoms with E-state index in [0.717, 1.165) is 24.8 Å². The van der Waals surface area contributed by atoms with Crippen LogP contribution in [-0.4, -0.2) is 25.4 Å². The zero-order chi connectivity index (χ0) is 15.5. The van der Waals surface area contributed by atoms with Crippen molar-refractivity contribution >= 4 is 11.8 Å². The number of alkyl carbamates (subject to hydrolysis) is 1. The van der Waals surface area contributed by atoms with Crippen molar-refractivity contribution in [3.05, 3.63) is 29.8 Å². The summed E-state index contributed by atoms with van der Waals surface area (Å²) < 4.78 is 10.8. The maximum Gasteiger partial charge on any atom is 0.407 e. The normalized spacial score (nSPS) is 11.9. The summed E-state index contributed by atoms with van der Waals surface area (Å²) in [6.07, 6.45) is 2.22. The van der Waals surface area contributed by atoms with Gasteiger partial charge in [0.05, 0.1) is 6.61 Å². The Morgan fingerprint density at radius 1 is 1.38 bits per heavy atom. The molecule has 21 heavy (non-hydrogen) atoms. The van der Waals surface area contributed by atoms with Crippen molar-refractivity contribution in [2.75, 3.05) is 18.9 Å². The Morgan fingerprint density at radius 3 is 2.86 bits per heavy atom. The maximum atomic E-state index is 11.7. The second-order valence-electron chi connectivity index (χ2n) is 4.96. The third-order valence-electron chi connectivity index (χ3n) is 3.06. The van der Waals surface area contributed by atoms with Crippen LogP contribution in [-0.2, 0) is 16.0 Å². The number of nitrogens with two attached hydrogens (primary N) is 1. The molecule has 0 fully saturated rings. The Balaban J connectivity index is 2.27. The maximum absolute atomic E-state index is 11.7. The fraction of sp³-hybridized carbons (Fsp3) is 0.562. The van der Waals surface area contributed by atoms with E-state index in [2.05, 4.69) is 12.2 Å². The van der Waals surface area contributed by atoms with E-state index in [1.54, 1.807) is 0 Å². The molecule has 1 aromatic carbocycles. The number of amides is 1. The van der Waals surface area contributed by atoms with E-state index in [0.29, 0.717) is 25.4 Å². The zero-order valence-corrected chi connectivity index (χ0v) is 12.9. The Hall–Kier alpha value is -1.75. The van der Waals surface area contributed by atoms with E-state index in [1.807, 2.05) is 31.2 Å². The fourth-order valence-corrected chi connectivity index (χ4v) is 1.77. The highest BCUT2D eigenvalue weighted by molar-refractivity contribution is 5.67. The van der Waals surface area contributed by atoms with Crippen molar-refractivity contribution in [2.45, 2.75) is 45.8 Å². The average Bonchev–Trinajstić information content (AvgIpc) is 2.48. The zero-order valence-electron chi connectivity index (χ0n) is 12.9. The first-order valence-corrected chi connectivity index (χ1v) is 7.52. The number of benzene rings is 1. The Bertz CT molecular complexity index is 424. The van der Waals surface area contributed by atoms with Crippen LogP contribution in [0.2, 0.25) is 0 Å². The van der Waals surface area contributed by atoms with E-state index < -0.39 is 6.09 Å². The number of anilines is 1. The van der Waals surface area contributed by atoms with Crippen LogP contribution in [0.1, 0.15) is 38.7 Å². The van der Waals surface area contributed by atoms with E-state index >= 15 is 0 Å². The van der Waals surface area contributed by atoms with Crippen molar-refractivity contribution in [3.63, 3.8) is 0 Å². The fourth-order valence-electron chi connectivity index (χ4n) is 1.77. The molecule has 0 aliphatic carbocycles. The van der Waals surface area contributed by atoms with E-state index in [-0.39, 0.29) is 6.10 Å². The van der Waals surface area contributed by atoms with Gasteiger partial charge >= 0.3 is 6.09 Å². The summed E-state index contributed by atoms with van der Waals surface area (Å²) in [5, 5.41) is 2.72. The molecule has 0 aliphatic heterocycles. The molecule has 5 nitrogen and oxygen atoms in total. The van der Waals surface area contributed by atoms with E-state index in [1.165, 1.54) is 0 Å². The van der Waals surface area contributed by atoms with Crippen LogP contribution in [0.5, 0.6) is 0 Å². The van der Waals surface area contributed by atoms with Gasteiger partial charge in [-0.1, -0.05) is 32.4 Å². The van der Waals surface area contributed by atoms with Crippen molar-refractivity contribution in [2.24, 2.45) is 0 Å². The number of carbonyl (C=O) groups excluding carboxylic acids is 1. The molecule has 1 rings (SSSR count). The lowest BCUT2D eigenvalue weighted by Gasteiger charge is -2.16. The number of nitrogen functional groups attached to an aromatic ring is 1. The average molecular weight is 294 g/mol. The molecule has 3 N–H and O–H groups in total. The first-order valence-electron chi connectivity index (χ1n) is 7.52. The summed E-state index contributed by atoms with van der Waals surface area (Å²) in [4.78, 5) is 11.7. The molecule has 0 aliphatic rings. The predicted octanol–water partition coefficient (Wildman–Crippen LogP) is 3.09. The van der Waals surface area contributed by atoms with Crippen LogP contribution in [0.15, 0.2) is 24.3 Å². The highest BCUT2D eigenvalue weighted by atomic mass is 16.6. The van der Waals surface area contributed by atoms with Crippen LogP contribution in [0.3, 0.4) is 0 Å². The highest BCUT2D eigenvalue weighted by Gasteiger charge is 2.12. The molecule has 0 spiro atoms. The minimum Gasteiger partial charge on any atom is -0.444 e. The molecule has 0 bridgehead atoms. The summed E-state index contributed by atoms with van der Waals surface area (Å²) in [6, 6.07) is 7.39. The number of hydrogen-bond acceptors (Lipinski definition) is 4. The van der Waals surface area contributed by atoms with Crippen molar-refractivity contribution in [1.29, 1.82) is 0 Å². The molecule has 0 aromatic heterocycles. The molecule has 5 heteroatoms. The number of nitrogens with one attached hydrogen (secondary N) is 1. The summed E-state index contributed by atoms with van der Waals surface area (Å²) in [7, 11) is 0. The minimum atomic E-state index is -0.427.